The number of nitrogens with zero attached hydrogens (tertiary/aromatic N) is 4. The lowest BCUT2D eigenvalue weighted by Gasteiger charge is -2.32. The molecule has 134 valence electrons. The van der Waals surface area contributed by atoms with E-state index in [1.54, 1.807) is 0 Å². The van der Waals surface area contributed by atoms with Crippen LogP contribution in [-0.2, 0) is 13.2 Å². The van der Waals surface area contributed by atoms with Gasteiger partial charge in [-0.1, -0.05) is 17.3 Å². The van der Waals surface area contributed by atoms with E-state index in [-0.39, 0.29) is 24.9 Å². The van der Waals surface area contributed by atoms with Crippen molar-refractivity contribution in [1.29, 1.82) is 0 Å². The molecule has 1 aliphatic heterocycles. The molecule has 1 aromatic heterocycles. The van der Waals surface area contributed by atoms with Gasteiger partial charge in [0.05, 0.1) is 0 Å². The van der Waals surface area contributed by atoms with Crippen LogP contribution in [0, 0.1) is 11.8 Å². The summed E-state index contributed by atoms with van der Waals surface area (Å²) < 4.78 is 31.9. The highest BCUT2D eigenvalue weighted by Gasteiger charge is 2.59. The van der Waals surface area contributed by atoms with Crippen molar-refractivity contribution in [2.24, 2.45) is 11.8 Å². The average Bonchev–Trinajstić information content (AvgIpc) is 3.01. The van der Waals surface area contributed by atoms with Gasteiger partial charge in [-0.05, 0) is 49.5 Å². The normalized spacial score (nSPS) is 23.5. The predicted octanol–water partition coefficient (Wildman–Crippen LogP) is 2.65. The molecule has 4 rings (SSSR count). The number of alkyl halides is 2. The predicted molar refractivity (Wildman–Crippen MR) is 86.0 cm³/mol. The number of nitrogens with one attached hydrogen (secondary N) is 1. The van der Waals surface area contributed by atoms with Gasteiger partial charge < -0.3 is 4.74 Å². The molecule has 0 radical (unpaired) electrons. The van der Waals surface area contributed by atoms with Gasteiger partial charge in [-0.2, -0.15) is 5.21 Å². The van der Waals surface area contributed by atoms with Crippen LogP contribution in [0.4, 0.5) is 8.78 Å². The summed E-state index contributed by atoms with van der Waals surface area (Å²) in [5.74, 6) is -1.28. The molecule has 1 aliphatic carbocycles. The van der Waals surface area contributed by atoms with Crippen LogP contribution in [0.3, 0.4) is 0 Å². The molecule has 25 heavy (non-hydrogen) atoms. The molecule has 2 aliphatic rings. The first-order valence-corrected chi connectivity index (χ1v) is 8.64. The van der Waals surface area contributed by atoms with Gasteiger partial charge in [-0.15, -0.1) is 10.2 Å². The van der Waals surface area contributed by atoms with Crippen molar-refractivity contribution in [3.63, 3.8) is 0 Å². The van der Waals surface area contributed by atoms with Gasteiger partial charge in [0.2, 0.25) is 5.82 Å². The largest absolute Gasteiger partial charge is 0.485 e. The van der Waals surface area contributed by atoms with E-state index in [1.807, 2.05) is 24.3 Å². The molecule has 1 atom stereocenters. The Hall–Kier alpha value is -2.09. The summed E-state index contributed by atoms with van der Waals surface area (Å²) in [4.78, 5) is 2.34. The van der Waals surface area contributed by atoms with E-state index in [1.165, 1.54) is 5.56 Å². The summed E-state index contributed by atoms with van der Waals surface area (Å²) >= 11 is 0. The molecule has 0 spiro atoms. The smallest absolute Gasteiger partial charge is 0.251 e. The number of ether oxygens (including phenoxy) is 1. The second-order valence-electron chi connectivity index (χ2n) is 6.95. The Morgan fingerprint density at radius 1 is 1.20 bits per heavy atom. The maximum atomic E-state index is 13.2. The minimum absolute atomic E-state index is 0.100. The van der Waals surface area contributed by atoms with Crippen LogP contribution in [0.25, 0.3) is 0 Å². The van der Waals surface area contributed by atoms with Gasteiger partial charge in [0.15, 0.2) is 6.61 Å². The van der Waals surface area contributed by atoms with Gasteiger partial charge in [0.25, 0.3) is 5.92 Å². The van der Waals surface area contributed by atoms with Gasteiger partial charge in [-0.3, -0.25) is 4.90 Å². The molecule has 1 saturated heterocycles. The number of piperidine rings is 1. The number of tetrazole rings is 1. The topological polar surface area (TPSA) is 66.9 Å². The fourth-order valence-electron chi connectivity index (χ4n) is 3.60. The lowest BCUT2D eigenvalue weighted by molar-refractivity contribution is 0.0673. The Bertz CT molecular complexity index is 684. The average molecular weight is 349 g/mol. The van der Waals surface area contributed by atoms with Crippen molar-refractivity contribution in [3.8, 4) is 5.75 Å². The number of rotatable bonds is 6. The van der Waals surface area contributed by atoms with Crippen molar-refractivity contribution in [3.05, 3.63) is 35.7 Å². The highest BCUT2D eigenvalue weighted by Crippen LogP contribution is 2.55. The number of H-pyrrole nitrogens is 1. The molecule has 0 bridgehead atoms. The third kappa shape index (κ3) is 3.95. The monoisotopic (exact) mass is 349 g/mol. The first-order valence-electron chi connectivity index (χ1n) is 8.64. The van der Waals surface area contributed by atoms with E-state index in [0.717, 1.165) is 38.2 Å². The van der Waals surface area contributed by atoms with Crippen molar-refractivity contribution < 1.29 is 13.5 Å². The van der Waals surface area contributed by atoms with Crippen molar-refractivity contribution >= 4 is 0 Å². The van der Waals surface area contributed by atoms with E-state index < -0.39 is 5.92 Å². The highest BCUT2D eigenvalue weighted by molar-refractivity contribution is 5.27. The summed E-state index contributed by atoms with van der Waals surface area (Å²) in [6.45, 7) is 2.91. The molecule has 2 heterocycles. The van der Waals surface area contributed by atoms with Crippen LogP contribution in [0.15, 0.2) is 24.3 Å². The second-order valence-corrected chi connectivity index (χ2v) is 6.95. The molecular weight excluding hydrogens is 328 g/mol. The van der Waals surface area contributed by atoms with Gasteiger partial charge in [0, 0.05) is 18.9 Å². The fourth-order valence-corrected chi connectivity index (χ4v) is 3.60. The van der Waals surface area contributed by atoms with E-state index >= 15 is 0 Å². The van der Waals surface area contributed by atoms with Crippen LogP contribution in [0.1, 0.15) is 30.7 Å². The summed E-state index contributed by atoms with van der Waals surface area (Å²) in [6, 6.07) is 7.92. The molecule has 8 heteroatoms. The Morgan fingerprint density at radius 3 is 2.52 bits per heavy atom. The second kappa shape index (κ2) is 6.67. The molecule has 1 N–H and O–H groups in total. The molecule has 6 nitrogen and oxygen atoms in total. The Balaban J connectivity index is 1.23. The maximum absolute atomic E-state index is 13.2. The molecule has 0 amide bonds. The van der Waals surface area contributed by atoms with E-state index in [4.69, 9.17) is 4.74 Å². The van der Waals surface area contributed by atoms with Crippen molar-refractivity contribution in [2.75, 3.05) is 13.1 Å². The number of benzene rings is 1. The lowest BCUT2D eigenvalue weighted by Crippen LogP contribution is -2.34. The SMILES string of the molecule is FC1(F)CC1C1CCN(Cc2ccc(OCc3nn[nH]n3)cc2)CC1. The summed E-state index contributed by atoms with van der Waals surface area (Å²) in [6.07, 6.45) is 1.86. The quantitative estimate of drug-likeness (QED) is 0.868. The third-order valence-corrected chi connectivity index (χ3v) is 5.16. The van der Waals surface area contributed by atoms with Crippen LogP contribution >= 0.6 is 0 Å². The third-order valence-electron chi connectivity index (χ3n) is 5.16. The molecule has 2 aromatic rings. The van der Waals surface area contributed by atoms with Crippen molar-refractivity contribution in [2.45, 2.75) is 38.3 Å². The number of likely N-dealkylation sites (tertiary alicyclic amines) is 1. The van der Waals surface area contributed by atoms with Crippen LogP contribution in [0.5, 0.6) is 5.75 Å². The number of hydrogen-bond donors (Lipinski definition) is 1. The van der Waals surface area contributed by atoms with E-state index in [0.29, 0.717) is 5.82 Å². The first-order chi connectivity index (χ1) is 12.1. The molecular formula is C17H21F2N5O. The maximum Gasteiger partial charge on any atom is 0.251 e. The zero-order valence-electron chi connectivity index (χ0n) is 13.9. The number of hydrogen-bond acceptors (Lipinski definition) is 5. The number of halogens is 2. The minimum atomic E-state index is -2.38. The number of aromatic nitrogens is 4. The first kappa shape index (κ1) is 16.4. The summed E-state index contributed by atoms with van der Waals surface area (Å²) in [7, 11) is 0. The van der Waals surface area contributed by atoms with Gasteiger partial charge in [0.1, 0.15) is 5.75 Å². The lowest BCUT2D eigenvalue weighted by atomic mass is 9.91. The van der Waals surface area contributed by atoms with E-state index in [2.05, 4.69) is 25.5 Å². The van der Waals surface area contributed by atoms with Crippen LogP contribution < -0.4 is 4.74 Å². The Kier molecular flexibility index (Phi) is 4.37. The number of aromatic amines is 1. The zero-order valence-corrected chi connectivity index (χ0v) is 13.9. The Labute approximate surface area is 144 Å². The standard InChI is InChI=1S/C17H21F2N5O/c18-17(19)9-15(17)13-5-7-24(8-6-13)10-12-1-3-14(4-2-12)25-11-16-20-22-23-21-16/h1-4,13,15H,5-11H2,(H,20,21,22,23). The molecule has 1 unspecified atom stereocenters. The highest BCUT2D eigenvalue weighted by atomic mass is 19.3. The zero-order chi connectivity index (χ0) is 17.3. The van der Waals surface area contributed by atoms with E-state index in [9.17, 15) is 8.78 Å². The molecule has 2 fully saturated rings. The minimum Gasteiger partial charge on any atom is -0.485 e. The molecule has 1 aromatic carbocycles. The molecule has 1 saturated carbocycles. The Morgan fingerprint density at radius 2 is 1.92 bits per heavy atom. The van der Waals surface area contributed by atoms with Gasteiger partial charge in [-0.25, -0.2) is 8.78 Å². The summed E-state index contributed by atoms with van der Waals surface area (Å²) in [5, 5.41) is 13.5. The summed E-state index contributed by atoms with van der Waals surface area (Å²) in [5.41, 5.74) is 1.20. The van der Waals surface area contributed by atoms with Crippen molar-refractivity contribution in [1.82, 2.24) is 25.5 Å². The fraction of sp³-hybridized carbons (Fsp3) is 0.588. The van der Waals surface area contributed by atoms with Crippen LogP contribution in [0.2, 0.25) is 0 Å². The van der Waals surface area contributed by atoms with Crippen LogP contribution in [-0.4, -0.2) is 44.5 Å². The van der Waals surface area contributed by atoms with Gasteiger partial charge >= 0.3 is 0 Å².